The van der Waals surface area contributed by atoms with Crippen molar-refractivity contribution in [1.82, 2.24) is 5.32 Å². The van der Waals surface area contributed by atoms with Crippen LogP contribution >= 0.6 is 0 Å². The second kappa shape index (κ2) is 6.76. The van der Waals surface area contributed by atoms with Crippen LogP contribution in [-0.2, 0) is 11.3 Å². The van der Waals surface area contributed by atoms with Crippen molar-refractivity contribution in [1.29, 1.82) is 0 Å². The van der Waals surface area contributed by atoms with Crippen molar-refractivity contribution in [2.24, 2.45) is 0 Å². The molecule has 18 heavy (non-hydrogen) atoms. The van der Waals surface area contributed by atoms with Gasteiger partial charge in [0.05, 0.1) is 13.2 Å². The van der Waals surface area contributed by atoms with Gasteiger partial charge in [0, 0.05) is 19.2 Å². The third kappa shape index (κ3) is 3.72. The molecule has 1 aliphatic heterocycles. The molecule has 3 heteroatoms. The van der Waals surface area contributed by atoms with E-state index < -0.39 is 0 Å². The predicted molar refractivity (Wildman–Crippen MR) is 72.9 cm³/mol. The largest absolute Gasteiger partial charge is 0.497 e. The van der Waals surface area contributed by atoms with Crippen LogP contribution < -0.4 is 10.1 Å². The first-order valence-electron chi connectivity index (χ1n) is 6.79. The molecule has 2 rings (SSSR count). The molecule has 1 aromatic carbocycles. The Labute approximate surface area is 109 Å². The highest BCUT2D eigenvalue weighted by Crippen LogP contribution is 2.17. The van der Waals surface area contributed by atoms with Crippen LogP contribution in [0.4, 0.5) is 0 Å². The molecule has 100 valence electrons. The van der Waals surface area contributed by atoms with Crippen molar-refractivity contribution in [2.45, 2.75) is 44.9 Å². The fourth-order valence-electron chi connectivity index (χ4n) is 2.36. The molecule has 0 spiro atoms. The first kappa shape index (κ1) is 13.4. The standard InChI is InChI=1S/C15H23NO2/c1-3-14-10-13(8-9-18-14)16-11-12-4-6-15(17-2)7-5-12/h4-7,13-14,16H,3,8-11H2,1-2H3. The fraction of sp³-hybridized carbons (Fsp3) is 0.600. The van der Waals surface area contributed by atoms with Gasteiger partial charge in [-0.05, 0) is 37.0 Å². The lowest BCUT2D eigenvalue weighted by Crippen LogP contribution is -2.38. The Morgan fingerprint density at radius 3 is 2.78 bits per heavy atom. The number of nitrogens with one attached hydrogen (secondary N) is 1. The maximum absolute atomic E-state index is 5.68. The molecule has 3 nitrogen and oxygen atoms in total. The fourth-order valence-corrected chi connectivity index (χ4v) is 2.36. The minimum absolute atomic E-state index is 0.437. The van der Waals surface area contributed by atoms with Crippen molar-refractivity contribution in [3.8, 4) is 5.75 Å². The Kier molecular flexibility index (Phi) is 5.02. The lowest BCUT2D eigenvalue weighted by Gasteiger charge is -2.29. The number of ether oxygens (including phenoxy) is 2. The van der Waals surface area contributed by atoms with Gasteiger partial charge in [-0.3, -0.25) is 0 Å². The molecule has 0 saturated carbocycles. The summed E-state index contributed by atoms with van der Waals surface area (Å²) in [4.78, 5) is 0. The monoisotopic (exact) mass is 249 g/mol. The number of methoxy groups -OCH3 is 1. The summed E-state index contributed by atoms with van der Waals surface area (Å²) < 4.78 is 10.8. The van der Waals surface area contributed by atoms with Crippen LogP contribution in [0.2, 0.25) is 0 Å². The van der Waals surface area contributed by atoms with E-state index in [2.05, 4.69) is 24.4 Å². The molecule has 1 fully saturated rings. The normalized spacial score (nSPS) is 23.9. The molecule has 0 radical (unpaired) electrons. The van der Waals surface area contributed by atoms with Crippen LogP contribution in [0.5, 0.6) is 5.75 Å². The van der Waals surface area contributed by atoms with Crippen molar-refractivity contribution in [3.05, 3.63) is 29.8 Å². The maximum atomic E-state index is 5.68. The van der Waals surface area contributed by atoms with Gasteiger partial charge < -0.3 is 14.8 Å². The quantitative estimate of drug-likeness (QED) is 0.870. The Morgan fingerprint density at radius 1 is 1.33 bits per heavy atom. The highest BCUT2D eigenvalue weighted by atomic mass is 16.5. The van der Waals surface area contributed by atoms with E-state index in [1.807, 2.05) is 12.1 Å². The van der Waals surface area contributed by atoms with E-state index >= 15 is 0 Å². The second-order valence-electron chi connectivity index (χ2n) is 4.85. The van der Waals surface area contributed by atoms with E-state index in [4.69, 9.17) is 9.47 Å². The molecule has 0 aliphatic carbocycles. The average molecular weight is 249 g/mol. The van der Waals surface area contributed by atoms with Gasteiger partial charge in [-0.1, -0.05) is 19.1 Å². The number of rotatable bonds is 5. The van der Waals surface area contributed by atoms with Crippen LogP contribution in [-0.4, -0.2) is 25.9 Å². The Bertz CT molecular complexity index is 350. The summed E-state index contributed by atoms with van der Waals surface area (Å²) in [6.07, 6.45) is 3.80. The lowest BCUT2D eigenvalue weighted by atomic mass is 10.0. The van der Waals surface area contributed by atoms with Crippen LogP contribution in [0.15, 0.2) is 24.3 Å². The summed E-state index contributed by atoms with van der Waals surface area (Å²) in [6.45, 7) is 4.00. The van der Waals surface area contributed by atoms with Crippen LogP contribution in [0, 0.1) is 0 Å². The smallest absolute Gasteiger partial charge is 0.118 e. The third-order valence-electron chi connectivity index (χ3n) is 3.58. The number of hydrogen-bond acceptors (Lipinski definition) is 3. The zero-order valence-electron chi connectivity index (χ0n) is 11.3. The van der Waals surface area contributed by atoms with Crippen molar-refractivity contribution >= 4 is 0 Å². The van der Waals surface area contributed by atoms with Crippen molar-refractivity contribution in [3.63, 3.8) is 0 Å². The summed E-state index contributed by atoms with van der Waals surface area (Å²) in [5.41, 5.74) is 1.30. The Hall–Kier alpha value is -1.06. The SMILES string of the molecule is CCC1CC(NCc2ccc(OC)cc2)CCO1. The lowest BCUT2D eigenvalue weighted by molar-refractivity contribution is -0.000318. The Balaban J connectivity index is 1.79. The minimum atomic E-state index is 0.437. The van der Waals surface area contributed by atoms with Gasteiger partial charge in [0.25, 0.3) is 0 Å². The van der Waals surface area contributed by atoms with Gasteiger partial charge in [0.2, 0.25) is 0 Å². The average Bonchev–Trinajstić information content (AvgIpc) is 2.46. The van der Waals surface area contributed by atoms with E-state index in [1.165, 1.54) is 5.56 Å². The zero-order valence-corrected chi connectivity index (χ0v) is 11.3. The summed E-state index contributed by atoms with van der Waals surface area (Å²) in [6, 6.07) is 8.84. The highest BCUT2D eigenvalue weighted by Gasteiger charge is 2.20. The highest BCUT2D eigenvalue weighted by molar-refractivity contribution is 5.27. The molecule has 1 N–H and O–H groups in total. The van der Waals surface area contributed by atoms with Crippen molar-refractivity contribution < 1.29 is 9.47 Å². The molecule has 2 unspecified atom stereocenters. The second-order valence-corrected chi connectivity index (χ2v) is 4.85. The van der Waals surface area contributed by atoms with Gasteiger partial charge >= 0.3 is 0 Å². The van der Waals surface area contributed by atoms with Crippen LogP contribution in [0.1, 0.15) is 31.7 Å². The number of benzene rings is 1. The summed E-state index contributed by atoms with van der Waals surface area (Å²) in [5, 5.41) is 3.62. The molecular weight excluding hydrogens is 226 g/mol. The number of hydrogen-bond donors (Lipinski definition) is 1. The summed E-state index contributed by atoms with van der Waals surface area (Å²) in [7, 11) is 1.69. The zero-order chi connectivity index (χ0) is 12.8. The molecule has 2 atom stereocenters. The Morgan fingerprint density at radius 2 is 2.11 bits per heavy atom. The first-order valence-corrected chi connectivity index (χ1v) is 6.79. The summed E-state index contributed by atoms with van der Waals surface area (Å²) >= 11 is 0. The third-order valence-corrected chi connectivity index (χ3v) is 3.58. The van der Waals surface area contributed by atoms with Gasteiger partial charge in [-0.2, -0.15) is 0 Å². The van der Waals surface area contributed by atoms with E-state index in [1.54, 1.807) is 7.11 Å². The van der Waals surface area contributed by atoms with Gasteiger partial charge in [-0.15, -0.1) is 0 Å². The molecule has 1 saturated heterocycles. The van der Waals surface area contributed by atoms with Gasteiger partial charge in [0.1, 0.15) is 5.75 Å². The predicted octanol–water partition coefficient (Wildman–Crippen LogP) is 2.74. The topological polar surface area (TPSA) is 30.5 Å². The first-order chi connectivity index (χ1) is 8.81. The molecule has 1 heterocycles. The molecular formula is C15H23NO2. The van der Waals surface area contributed by atoms with Crippen molar-refractivity contribution in [2.75, 3.05) is 13.7 Å². The van der Waals surface area contributed by atoms with Gasteiger partial charge in [0.15, 0.2) is 0 Å². The molecule has 0 amide bonds. The molecule has 1 aliphatic rings. The molecule has 0 bridgehead atoms. The van der Waals surface area contributed by atoms with E-state index in [-0.39, 0.29) is 0 Å². The molecule has 1 aromatic rings. The van der Waals surface area contributed by atoms with E-state index in [9.17, 15) is 0 Å². The van der Waals surface area contributed by atoms with E-state index in [0.717, 1.165) is 38.2 Å². The summed E-state index contributed by atoms with van der Waals surface area (Å²) in [5.74, 6) is 0.913. The maximum Gasteiger partial charge on any atom is 0.118 e. The minimum Gasteiger partial charge on any atom is -0.497 e. The van der Waals surface area contributed by atoms with Gasteiger partial charge in [-0.25, -0.2) is 0 Å². The van der Waals surface area contributed by atoms with Crippen LogP contribution in [0.25, 0.3) is 0 Å². The van der Waals surface area contributed by atoms with Crippen LogP contribution in [0.3, 0.4) is 0 Å². The van der Waals surface area contributed by atoms with E-state index in [0.29, 0.717) is 12.1 Å². The molecule has 0 aromatic heterocycles.